The van der Waals surface area contributed by atoms with Crippen LogP contribution in [0.3, 0.4) is 0 Å². The molecule has 4 nitrogen and oxygen atoms in total. The third kappa shape index (κ3) is 2.99. The highest BCUT2D eigenvalue weighted by Gasteiger charge is 2.26. The highest BCUT2D eigenvalue weighted by atomic mass is 35.5. The Labute approximate surface area is 139 Å². The zero-order valence-electron chi connectivity index (χ0n) is 12.2. The van der Waals surface area contributed by atoms with E-state index in [9.17, 15) is 4.79 Å². The van der Waals surface area contributed by atoms with Crippen molar-refractivity contribution in [2.75, 3.05) is 6.54 Å². The largest absolute Gasteiger partial charge is 0.355 e. The maximum absolute atomic E-state index is 12.5. The lowest BCUT2D eigenvalue weighted by molar-refractivity contribution is 0.0625. The molecule has 116 valence electrons. The van der Waals surface area contributed by atoms with Crippen molar-refractivity contribution in [2.24, 2.45) is 0 Å². The van der Waals surface area contributed by atoms with E-state index in [1.54, 1.807) is 24.3 Å². The summed E-state index contributed by atoms with van der Waals surface area (Å²) in [6.45, 7) is 2.83. The zero-order valence-corrected chi connectivity index (χ0v) is 13.7. The number of aromatic nitrogens is 1. The van der Waals surface area contributed by atoms with Gasteiger partial charge in [0.15, 0.2) is 11.5 Å². The normalized spacial score (nSPS) is 18.5. The van der Waals surface area contributed by atoms with Crippen LogP contribution in [-0.2, 0) is 0 Å². The summed E-state index contributed by atoms with van der Waals surface area (Å²) < 4.78 is 5.29. The van der Waals surface area contributed by atoms with E-state index >= 15 is 0 Å². The van der Waals surface area contributed by atoms with Crippen LogP contribution < -0.4 is 0 Å². The molecule has 2 aromatic rings. The third-order valence-corrected chi connectivity index (χ3v) is 4.54. The standard InChI is InChI=1S/C16H16Cl2N2O2/c1-10-4-2-3-7-20(10)16(21)14-9-15(22-19-14)12-6-5-11(17)8-13(12)18/h5-6,8-10H,2-4,7H2,1H3/t10-/m0/s1. The van der Waals surface area contributed by atoms with Crippen molar-refractivity contribution in [1.29, 1.82) is 0 Å². The van der Waals surface area contributed by atoms with Crippen molar-refractivity contribution in [2.45, 2.75) is 32.2 Å². The first kappa shape index (κ1) is 15.4. The van der Waals surface area contributed by atoms with E-state index in [1.807, 2.05) is 4.90 Å². The fourth-order valence-corrected chi connectivity index (χ4v) is 3.24. The molecule has 3 rings (SSSR count). The number of rotatable bonds is 2. The predicted octanol–water partition coefficient (Wildman–Crippen LogP) is 4.66. The van der Waals surface area contributed by atoms with E-state index < -0.39 is 0 Å². The number of carbonyl (C=O) groups is 1. The monoisotopic (exact) mass is 338 g/mol. The highest BCUT2D eigenvalue weighted by Crippen LogP contribution is 2.31. The SMILES string of the molecule is C[C@H]1CCCCN1C(=O)c1cc(-c2ccc(Cl)cc2Cl)on1. The van der Waals surface area contributed by atoms with Gasteiger partial charge in [-0.25, -0.2) is 0 Å². The van der Waals surface area contributed by atoms with Gasteiger partial charge in [-0.05, 0) is 44.4 Å². The maximum Gasteiger partial charge on any atom is 0.276 e. The van der Waals surface area contributed by atoms with E-state index in [0.29, 0.717) is 27.1 Å². The van der Waals surface area contributed by atoms with Crippen molar-refractivity contribution in [1.82, 2.24) is 10.1 Å². The molecule has 0 N–H and O–H groups in total. The number of carbonyl (C=O) groups excluding carboxylic acids is 1. The maximum atomic E-state index is 12.5. The molecule has 1 amide bonds. The lowest BCUT2D eigenvalue weighted by Crippen LogP contribution is -2.42. The minimum atomic E-state index is -0.0905. The summed E-state index contributed by atoms with van der Waals surface area (Å²) in [6, 6.07) is 6.98. The van der Waals surface area contributed by atoms with Crippen molar-refractivity contribution < 1.29 is 9.32 Å². The topological polar surface area (TPSA) is 46.3 Å². The lowest BCUT2D eigenvalue weighted by Gasteiger charge is -2.32. The molecule has 1 aliphatic rings. The van der Waals surface area contributed by atoms with Crippen LogP contribution >= 0.6 is 23.2 Å². The van der Waals surface area contributed by atoms with Gasteiger partial charge in [-0.15, -0.1) is 0 Å². The van der Waals surface area contributed by atoms with Crippen LogP contribution in [0, 0.1) is 0 Å². The molecule has 1 atom stereocenters. The average molecular weight is 339 g/mol. The van der Waals surface area contributed by atoms with Crippen molar-refractivity contribution in [3.05, 3.63) is 40.0 Å². The Morgan fingerprint density at radius 2 is 2.14 bits per heavy atom. The van der Waals surface area contributed by atoms with Gasteiger partial charge < -0.3 is 9.42 Å². The van der Waals surface area contributed by atoms with Crippen LogP contribution in [0.25, 0.3) is 11.3 Å². The Balaban J connectivity index is 1.85. The number of benzene rings is 1. The van der Waals surface area contributed by atoms with Crippen LogP contribution in [0.5, 0.6) is 0 Å². The molecule has 1 saturated heterocycles. The molecule has 0 radical (unpaired) electrons. The molecule has 2 heterocycles. The van der Waals surface area contributed by atoms with Crippen LogP contribution in [0.4, 0.5) is 0 Å². The van der Waals surface area contributed by atoms with E-state index in [4.69, 9.17) is 27.7 Å². The van der Waals surface area contributed by atoms with Gasteiger partial charge in [-0.3, -0.25) is 4.79 Å². The Hall–Kier alpha value is -1.52. The summed E-state index contributed by atoms with van der Waals surface area (Å²) in [5, 5.41) is 4.92. The Kier molecular flexibility index (Phi) is 4.41. The molecule has 1 aromatic heterocycles. The molecule has 1 fully saturated rings. The molecule has 0 unspecified atom stereocenters. The molecule has 6 heteroatoms. The summed E-state index contributed by atoms with van der Waals surface area (Å²) in [6.07, 6.45) is 3.22. The van der Waals surface area contributed by atoms with Gasteiger partial charge in [0.2, 0.25) is 0 Å². The van der Waals surface area contributed by atoms with Gasteiger partial charge in [-0.1, -0.05) is 28.4 Å². The van der Waals surface area contributed by atoms with Crippen molar-refractivity contribution in [3.8, 4) is 11.3 Å². The average Bonchev–Trinajstić information content (AvgIpc) is 2.96. The zero-order chi connectivity index (χ0) is 15.7. The fourth-order valence-electron chi connectivity index (χ4n) is 2.74. The minimum Gasteiger partial charge on any atom is -0.355 e. The summed E-state index contributed by atoms with van der Waals surface area (Å²) in [7, 11) is 0. The molecular formula is C16H16Cl2N2O2. The third-order valence-electron chi connectivity index (χ3n) is 3.99. The number of piperidine rings is 1. The van der Waals surface area contributed by atoms with Crippen molar-refractivity contribution in [3.63, 3.8) is 0 Å². The van der Waals surface area contributed by atoms with Gasteiger partial charge in [-0.2, -0.15) is 0 Å². The number of hydrogen-bond donors (Lipinski definition) is 0. The second-order valence-corrected chi connectivity index (χ2v) is 6.39. The van der Waals surface area contributed by atoms with Gasteiger partial charge in [0.1, 0.15) is 0 Å². The van der Waals surface area contributed by atoms with E-state index in [2.05, 4.69) is 12.1 Å². The van der Waals surface area contributed by atoms with Crippen LogP contribution in [0.1, 0.15) is 36.7 Å². The first-order valence-corrected chi connectivity index (χ1v) is 8.05. The summed E-state index contributed by atoms with van der Waals surface area (Å²) in [5.41, 5.74) is 0.985. The summed E-state index contributed by atoms with van der Waals surface area (Å²) >= 11 is 12.0. The van der Waals surface area contributed by atoms with Crippen molar-refractivity contribution >= 4 is 29.1 Å². The fraction of sp³-hybridized carbons (Fsp3) is 0.375. The first-order chi connectivity index (χ1) is 10.6. The van der Waals surface area contributed by atoms with Crippen LogP contribution in [0.2, 0.25) is 10.0 Å². The Morgan fingerprint density at radius 3 is 2.86 bits per heavy atom. The van der Waals surface area contributed by atoms with E-state index in [1.165, 1.54) is 0 Å². The molecule has 1 aromatic carbocycles. The second-order valence-electron chi connectivity index (χ2n) is 5.54. The number of amides is 1. The first-order valence-electron chi connectivity index (χ1n) is 7.29. The number of likely N-dealkylation sites (tertiary alicyclic amines) is 1. The smallest absolute Gasteiger partial charge is 0.276 e. The summed E-state index contributed by atoms with van der Waals surface area (Å²) in [5.74, 6) is 0.377. The van der Waals surface area contributed by atoms with Crippen LogP contribution in [0.15, 0.2) is 28.8 Å². The van der Waals surface area contributed by atoms with E-state index in [0.717, 1.165) is 25.8 Å². The Bertz CT molecular complexity index is 699. The second kappa shape index (κ2) is 6.31. The van der Waals surface area contributed by atoms with Gasteiger partial charge >= 0.3 is 0 Å². The molecule has 0 bridgehead atoms. The van der Waals surface area contributed by atoms with Gasteiger partial charge in [0.05, 0.1) is 5.02 Å². The predicted molar refractivity (Wildman–Crippen MR) is 86.3 cm³/mol. The molecule has 0 saturated carbocycles. The number of nitrogens with zero attached hydrogens (tertiary/aromatic N) is 2. The van der Waals surface area contributed by atoms with Gasteiger partial charge in [0.25, 0.3) is 5.91 Å². The van der Waals surface area contributed by atoms with Crippen LogP contribution in [-0.4, -0.2) is 28.6 Å². The van der Waals surface area contributed by atoms with Gasteiger partial charge in [0, 0.05) is 29.2 Å². The quantitative estimate of drug-likeness (QED) is 0.799. The number of hydrogen-bond acceptors (Lipinski definition) is 3. The molecule has 22 heavy (non-hydrogen) atoms. The Morgan fingerprint density at radius 1 is 1.32 bits per heavy atom. The number of halogens is 2. The summed E-state index contributed by atoms with van der Waals surface area (Å²) in [4.78, 5) is 14.4. The lowest BCUT2D eigenvalue weighted by atomic mass is 10.0. The minimum absolute atomic E-state index is 0.0905. The molecule has 0 aliphatic carbocycles. The highest BCUT2D eigenvalue weighted by molar-refractivity contribution is 6.36. The molecule has 1 aliphatic heterocycles. The molecule has 0 spiro atoms. The molecular weight excluding hydrogens is 323 g/mol. The van der Waals surface area contributed by atoms with E-state index in [-0.39, 0.29) is 11.9 Å².